The van der Waals surface area contributed by atoms with E-state index in [1.54, 1.807) is 10.9 Å². The summed E-state index contributed by atoms with van der Waals surface area (Å²) in [5.74, 6) is 0.563. The van der Waals surface area contributed by atoms with E-state index < -0.39 is 8.07 Å². The Morgan fingerprint density at radius 2 is 1.11 bits per heavy atom. The van der Waals surface area contributed by atoms with Crippen molar-refractivity contribution in [3.05, 3.63) is 93.5 Å². The van der Waals surface area contributed by atoms with Gasteiger partial charge in [-0.05, 0) is 59.4 Å². The largest absolute Gasteiger partial charge is 0.211 e. The Morgan fingerprint density at radius 1 is 0.686 bits per heavy atom. The summed E-state index contributed by atoms with van der Waals surface area (Å²) in [6, 6.07) is 21.1. The molecule has 35 heavy (non-hydrogen) atoms. The minimum atomic E-state index is -1.63. The van der Waals surface area contributed by atoms with Crippen molar-refractivity contribution in [2.24, 2.45) is 0 Å². The zero-order valence-corrected chi connectivity index (χ0v) is 25.0. The molecule has 0 fully saturated rings. The van der Waals surface area contributed by atoms with Crippen molar-refractivity contribution in [1.82, 2.24) is 0 Å². The molecular weight excluding hydrogens is 435 g/mol. The minimum absolute atomic E-state index is 0.407. The summed E-state index contributed by atoms with van der Waals surface area (Å²) in [6.07, 6.45) is 3.79. The van der Waals surface area contributed by atoms with Gasteiger partial charge in [-0.25, -0.2) is 0 Å². The first kappa shape index (κ1) is 27.5. The van der Waals surface area contributed by atoms with Crippen LogP contribution < -0.4 is 10.9 Å². The lowest BCUT2D eigenvalue weighted by Gasteiger charge is -2.43. The highest BCUT2D eigenvalue weighted by Gasteiger charge is 2.45. The predicted molar refractivity (Wildman–Crippen MR) is 162 cm³/mol. The highest BCUT2D eigenvalue weighted by atomic mass is 28.3. The van der Waals surface area contributed by atoms with Gasteiger partial charge in [-0.1, -0.05) is 144 Å². The number of hydrogen-bond acceptors (Lipinski definition) is 0. The standard InChI is InChI=1S/C33H47BSi/c1-11-12-18-30(29-16-14-13-15-17-29)33(35(8,9)10)34(31-25(4)19-23(2)20-26(31)5)32-27(6)21-24(3)22-28(32)7/h13-17,19-22,30,33H,11-12,18H2,1-10H3. The quantitative estimate of drug-likeness (QED) is 0.269. The fourth-order valence-corrected chi connectivity index (χ4v) is 9.78. The molecule has 0 amide bonds. The smallest absolute Gasteiger partial charge is 0.0698 e. The van der Waals surface area contributed by atoms with E-state index in [0.29, 0.717) is 18.1 Å². The van der Waals surface area contributed by atoms with Crippen molar-refractivity contribution in [3.63, 3.8) is 0 Å². The van der Waals surface area contributed by atoms with Crippen LogP contribution in [0, 0.1) is 41.5 Å². The summed E-state index contributed by atoms with van der Waals surface area (Å²) in [7, 11) is -1.63. The third-order valence-corrected chi connectivity index (χ3v) is 10.7. The average Bonchev–Trinajstić information content (AvgIpc) is 2.74. The van der Waals surface area contributed by atoms with Crippen molar-refractivity contribution in [3.8, 4) is 0 Å². The van der Waals surface area contributed by atoms with Crippen LogP contribution in [0.15, 0.2) is 54.6 Å². The summed E-state index contributed by atoms with van der Waals surface area (Å²) in [4.78, 5) is 0. The number of aryl methyl sites for hydroxylation is 6. The second-order valence-electron chi connectivity index (χ2n) is 12.2. The molecule has 2 atom stereocenters. The lowest BCUT2D eigenvalue weighted by molar-refractivity contribution is 0.597. The van der Waals surface area contributed by atoms with Gasteiger partial charge in [-0.3, -0.25) is 0 Å². The van der Waals surface area contributed by atoms with Crippen molar-refractivity contribution < 1.29 is 0 Å². The zero-order chi connectivity index (χ0) is 25.9. The Bertz CT molecular complexity index is 1040. The van der Waals surface area contributed by atoms with E-state index >= 15 is 0 Å². The van der Waals surface area contributed by atoms with Crippen molar-refractivity contribution >= 4 is 25.7 Å². The van der Waals surface area contributed by atoms with Gasteiger partial charge in [0.2, 0.25) is 6.71 Å². The van der Waals surface area contributed by atoms with Gasteiger partial charge in [-0.15, -0.1) is 0 Å². The second-order valence-corrected chi connectivity index (χ2v) is 17.6. The maximum Gasteiger partial charge on any atom is 0.211 e. The Morgan fingerprint density at radius 3 is 1.49 bits per heavy atom. The van der Waals surface area contributed by atoms with E-state index in [0.717, 1.165) is 0 Å². The summed E-state index contributed by atoms with van der Waals surface area (Å²) < 4.78 is 0. The number of benzene rings is 3. The lowest BCUT2D eigenvalue weighted by Crippen LogP contribution is -2.58. The van der Waals surface area contributed by atoms with Crippen LogP contribution in [0.4, 0.5) is 0 Å². The zero-order valence-electron chi connectivity index (χ0n) is 24.0. The van der Waals surface area contributed by atoms with Gasteiger partial charge in [0.25, 0.3) is 0 Å². The first-order valence-electron chi connectivity index (χ1n) is 13.7. The highest BCUT2D eigenvalue weighted by molar-refractivity contribution is 7.00. The van der Waals surface area contributed by atoms with Crippen LogP contribution in [0.5, 0.6) is 0 Å². The van der Waals surface area contributed by atoms with E-state index in [1.165, 1.54) is 58.2 Å². The SMILES string of the molecule is CCCCC(c1ccccc1)C(B(c1c(C)cc(C)cc1C)c1c(C)cc(C)cc1C)[Si](C)(C)C. The molecule has 0 aliphatic rings. The maximum absolute atomic E-state index is 2.62. The van der Waals surface area contributed by atoms with Crippen molar-refractivity contribution in [2.45, 2.75) is 98.7 Å². The molecule has 2 heteroatoms. The number of unbranched alkanes of at least 4 members (excludes halogenated alkanes) is 1. The summed E-state index contributed by atoms with van der Waals surface area (Å²) >= 11 is 0. The average molecular weight is 483 g/mol. The molecule has 0 bridgehead atoms. The first-order chi connectivity index (χ1) is 16.5. The Kier molecular flexibility index (Phi) is 8.92. The van der Waals surface area contributed by atoms with E-state index in [2.05, 4.69) is 123 Å². The molecule has 0 nitrogen and oxygen atoms in total. The number of hydrogen-bond donors (Lipinski definition) is 0. The van der Waals surface area contributed by atoms with Crippen molar-refractivity contribution in [2.75, 3.05) is 0 Å². The van der Waals surface area contributed by atoms with Gasteiger partial charge in [0.15, 0.2) is 0 Å². The maximum atomic E-state index is 2.62. The van der Waals surface area contributed by atoms with Crippen LogP contribution in [-0.4, -0.2) is 14.8 Å². The van der Waals surface area contributed by atoms with Crippen molar-refractivity contribution in [1.29, 1.82) is 0 Å². The molecule has 0 radical (unpaired) electrons. The van der Waals surface area contributed by atoms with Crippen LogP contribution in [0.3, 0.4) is 0 Å². The van der Waals surface area contributed by atoms with Gasteiger partial charge >= 0.3 is 0 Å². The molecule has 3 aromatic carbocycles. The summed E-state index contributed by atoms with van der Waals surface area (Å²) in [5.41, 5.74) is 13.9. The topological polar surface area (TPSA) is 0 Å². The van der Waals surface area contributed by atoms with Crippen LogP contribution in [-0.2, 0) is 0 Å². The molecule has 0 saturated heterocycles. The molecule has 186 valence electrons. The Balaban J connectivity index is 2.41. The Hall–Kier alpha value is -2.06. The van der Waals surface area contributed by atoms with Crippen LogP contribution >= 0.6 is 0 Å². The first-order valence-corrected chi connectivity index (χ1v) is 17.2. The summed E-state index contributed by atoms with van der Waals surface area (Å²) in [6.45, 7) is 24.5. The molecule has 0 N–H and O–H groups in total. The van der Waals surface area contributed by atoms with E-state index in [-0.39, 0.29) is 0 Å². The molecule has 3 rings (SSSR count). The van der Waals surface area contributed by atoms with Crippen LogP contribution in [0.1, 0.15) is 71.0 Å². The molecule has 0 aliphatic heterocycles. The molecule has 0 aliphatic carbocycles. The van der Waals surface area contributed by atoms with Gasteiger partial charge in [0, 0.05) is 8.07 Å². The highest BCUT2D eigenvalue weighted by Crippen LogP contribution is 2.43. The van der Waals surface area contributed by atoms with E-state index in [1.807, 2.05) is 0 Å². The molecule has 3 aromatic rings. The summed E-state index contributed by atoms with van der Waals surface area (Å²) in [5, 5.41) is 0. The van der Waals surface area contributed by atoms with Gasteiger partial charge < -0.3 is 0 Å². The van der Waals surface area contributed by atoms with Gasteiger partial charge in [0.05, 0.1) is 0 Å². The van der Waals surface area contributed by atoms with E-state index in [4.69, 9.17) is 0 Å². The molecule has 0 aromatic heterocycles. The fourth-order valence-electron chi connectivity index (χ4n) is 6.88. The molecule has 0 spiro atoms. The molecular formula is C33H47BSi. The van der Waals surface area contributed by atoms with Gasteiger partial charge in [-0.2, -0.15) is 0 Å². The normalized spacial score (nSPS) is 13.5. The second kappa shape index (κ2) is 11.3. The molecule has 0 heterocycles. The minimum Gasteiger partial charge on any atom is -0.0698 e. The van der Waals surface area contributed by atoms with Crippen LogP contribution in [0.2, 0.25) is 25.1 Å². The third kappa shape index (κ3) is 6.20. The number of rotatable bonds is 9. The van der Waals surface area contributed by atoms with Crippen LogP contribution in [0.25, 0.3) is 0 Å². The van der Waals surface area contributed by atoms with Gasteiger partial charge in [0.1, 0.15) is 0 Å². The monoisotopic (exact) mass is 482 g/mol. The third-order valence-electron chi connectivity index (χ3n) is 7.99. The fraction of sp³-hybridized carbons (Fsp3) is 0.455. The lowest BCUT2D eigenvalue weighted by atomic mass is 9.33. The molecule has 2 unspecified atom stereocenters. The molecule has 0 saturated carbocycles. The Labute approximate surface area is 217 Å². The predicted octanol–water partition coefficient (Wildman–Crippen LogP) is 8.37. The van der Waals surface area contributed by atoms with E-state index in [9.17, 15) is 0 Å².